The number of likely N-dealkylation sites (N-methyl/N-ethyl adjacent to an activating group) is 1. The summed E-state index contributed by atoms with van der Waals surface area (Å²) in [4.78, 5) is 96.7. The molecule has 14 N–H and O–H groups in total. The first kappa shape index (κ1) is 107. The fraction of sp³-hybridized carbons (Fsp3) is 0.658. The van der Waals surface area contributed by atoms with Crippen LogP contribution in [0.1, 0.15) is 148 Å². The van der Waals surface area contributed by atoms with Crippen molar-refractivity contribution < 1.29 is 118 Å². The first-order valence-corrected chi connectivity index (χ1v) is 45.7. The molecule has 4 aromatic rings. The number of hydrogen-bond donors (Lipinski definition) is 14. The van der Waals surface area contributed by atoms with Crippen LogP contribution in [0.5, 0.6) is 11.5 Å². The highest BCUT2D eigenvalue weighted by molar-refractivity contribution is 8.77. The van der Waals surface area contributed by atoms with Crippen LogP contribution in [0.25, 0.3) is 26.9 Å². The Kier molecular flexibility index (Phi) is 51.4. The lowest BCUT2D eigenvalue weighted by atomic mass is 9.98. The highest BCUT2D eigenvalue weighted by Crippen LogP contribution is 2.41. The maximum Gasteiger partial charge on any atom is 0.374 e. The van der Waals surface area contributed by atoms with Crippen LogP contribution < -0.4 is 36.2 Å². The highest BCUT2D eigenvalue weighted by Gasteiger charge is 2.42. The maximum absolute atomic E-state index is 12.5. The normalized spacial score (nSPS) is 19.2. The van der Waals surface area contributed by atoms with Crippen molar-refractivity contribution in [1.82, 2.24) is 25.8 Å². The second-order valence-electron chi connectivity index (χ2n) is 29.2. The van der Waals surface area contributed by atoms with Crippen LogP contribution >= 0.6 is 68.2 Å². The van der Waals surface area contributed by atoms with E-state index < -0.39 is 76.3 Å². The van der Waals surface area contributed by atoms with E-state index in [0.29, 0.717) is 123 Å². The number of sulfone groups is 1. The van der Waals surface area contributed by atoms with Crippen molar-refractivity contribution in [3.8, 4) is 11.5 Å². The van der Waals surface area contributed by atoms with Crippen LogP contribution in [0, 0.1) is 11.5 Å². The zero-order valence-corrected chi connectivity index (χ0v) is 72.8. The summed E-state index contributed by atoms with van der Waals surface area (Å²) in [5, 5.41) is 74.9. The van der Waals surface area contributed by atoms with Gasteiger partial charge in [0, 0.05) is 116 Å². The van der Waals surface area contributed by atoms with Gasteiger partial charge in [-0.2, -0.15) is 30.2 Å². The number of likely N-dealkylation sites (tertiary alicyclic amines) is 1. The van der Waals surface area contributed by atoms with Gasteiger partial charge in [0.15, 0.2) is 11.8 Å². The van der Waals surface area contributed by atoms with Gasteiger partial charge in [0.05, 0.1) is 37.1 Å². The summed E-state index contributed by atoms with van der Waals surface area (Å²) in [5.74, 6) is -8.52. The molecule has 3 amide bonds. The van der Waals surface area contributed by atoms with Crippen LogP contribution in [-0.4, -0.2) is 275 Å². The van der Waals surface area contributed by atoms with Crippen LogP contribution in [0.15, 0.2) is 60.7 Å². The lowest BCUT2D eigenvalue weighted by molar-refractivity contribution is -0.870. The summed E-state index contributed by atoms with van der Waals surface area (Å²) in [7, 11) is 11.3. The van der Waals surface area contributed by atoms with Gasteiger partial charge in [-0.3, -0.25) is 24.0 Å². The SMILES string of the molecule is CC(=O)NCCC1CNc2ccc(O)cc21.CC(F)(F)C(=O)O.CC(F)(F)C(=O)O.C[N+](C)(C)CCOC(=O)CCCCC1CCSS1.Cl.NC(CCCNC(=O)C(CS)NC(=O)CCCCC1CCSS1)C(=O)O.O=[n+]1c2ccccc2[nH]c2c(OCC3OC(O)C(O)C3O)cccc21.[C-]#[N+]CCCCS(=O)(=O)CCCN1CCCC1. The number of ether oxygens (including phenoxy) is 3. The number of carbonyl (C=O) groups is 7. The number of hydrogen-bond acceptors (Lipinski definition) is 25. The molecule has 117 heavy (non-hydrogen) atoms. The summed E-state index contributed by atoms with van der Waals surface area (Å²) in [6.07, 6.45) is 11.2. The number of halogens is 5. The molecule has 662 valence electrons. The Morgan fingerprint density at radius 3 is 1.95 bits per heavy atom. The number of aliphatic carboxylic acids is 3. The molecule has 0 saturated carbocycles. The molecular weight excluding hydrogens is 1680 g/mol. The minimum Gasteiger partial charge on any atom is -0.508 e. The Bertz CT molecular complexity index is 3870. The van der Waals surface area contributed by atoms with Crippen molar-refractivity contribution in [1.29, 1.82) is 0 Å². The number of quaternary nitrogens is 1. The van der Waals surface area contributed by atoms with Gasteiger partial charge in [-0.05, 0) is 139 Å². The van der Waals surface area contributed by atoms with Gasteiger partial charge < -0.3 is 96.2 Å². The molecule has 1 aromatic heterocycles. The summed E-state index contributed by atoms with van der Waals surface area (Å²) < 4.78 is 86.0. The number of amides is 3. The van der Waals surface area contributed by atoms with Crippen molar-refractivity contribution in [2.75, 3.05) is 121 Å². The number of carboxylic acid groups (broad SMARTS) is 3. The van der Waals surface area contributed by atoms with E-state index in [1.54, 1.807) is 48.5 Å². The van der Waals surface area contributed by atoms with Gasteiger partial charge in [0.25, 0.3) is 11.0 Å². The molecule has 9 rings (SSSR count). The van der Waals surface area contributed by atoms with E-state index in [2.05, 4.69) is 69.8 Å². The van der Waals surface area contributed by atoms with Crippen LogP contribution in [0.2, 0.25) is 0 Å². The monoisotopic (exact) mass is 1790 g/mol. The molecule has 0 spiro atoms. The van der Waals surface area contributed by atoms with Gasteiger partial charge in [-0.1, -0.05) is 74.2 Å². The molecular formula is C76H119ClF4N10O20S6+2. The lowest BCUT2D eigenvalue weighted by Gasteiger charge is -2.23. The number of fused-ring (bicyclic) bond motifs is 3. The van der Waals surface area contributed by atoms with E-state index in [-0.39, 0.29) is 60.6 Å². The first-order valence-electron chi connectivity index (χ1n) is 38.4. The number of esters is 1. The number of H-pyrrole nitrogens is 1. The van der Waals surface area contributed by atoms with Gasteiger partial charge >= 0.3 is 35.7 Å². The molecule has 5 aliphatic rings. The number of carbonyl (C=O) groups excluding carboxylic acids is 4. The van der Waals surface area contributed by atoms with Crippen molar-refractivity contribution in [2.45, 2.75) is 201 Å². The molecule has 6 heterocycles. The third-order valence-corrected chi connectivity index (χ3v) is 26.2. The number of rotatable bonds is 37. The summed E-state index contributed by atoms with van der Waals surface area (Å²) in [6.45, 7) is 15.6. The number of carboxylic acids is 3. The molecule has 0 bridgehead atoms. The number of nitrogens with one attached hydrogen (secondary N) is 5. The zero-order valence-electron chi connectivity index (χ0n) is 67.0. The Morgan fingerprint density at radius 1 is 0.803 bits per heavy atom. The molecule has 9 atom stereocenters. The van der Waals surface area contributed by atoms with Crippen molar-refractivity contribution in [3.05, 3.63) is 82.6 Å². The Morgan fingerprint density at radius 2 is 1.40 bits per heavy atom. The van der Waals surface area contributed by atoms with Gasteiger partial charge in [-0.25, -0.2) is 24.6 Å². The molecule has 4 fully saturated rings. The van der Waals surface area contributed by atoms with Gasteiger partial charge in [0.1, 0.15) is 77.0 Å². The Labute approximate surface area is 709 Å². The van der Waals surface area contributed by atoms with E-state index in [9.17, 15) is 84.9 Å². The number of alkyl halides is 4. The number of phenols is 1. The lowest BCUT2D eigenvalue weighted by Crippen LogP contribution is -2.48. The maximum atomic E-state index is 12.5. The standard InChI is InChI=1S/C17H17N2O6.C16H29N3O4S3.C13H26NO2S2.C12H22N2O2S.C12H16N2O2.2C3H4F2O2.ClH/c20-15-13(25-17(22)16(15)21)8-24-12-7-3-6-11-14(12)18-9-4-1-2-5-10(9)19(11)23;17-12(16(22)23)5-3-8-18-15(21)13(10-24)19-14(20)6-2-1-4-11-7-9-25-26-11;1-14(2,3)9-10-16-13(15)7-5-4-6-12-8-11-17-18-12;1-13-7-2-5-11-17(15,16)12-6-10-14-8-3-4-9-14;1-8(15)13-5-4-9-7-14-12-3-2-10(16)6-11(9)12;2*1-3(4,5)2(6)7;/h1-7,13,15-17,20-22H,8H2,(H,18,23);11-13,24H,1-10,17H2,(H,18,21)(H,19,20)(H,22,23);12H,4-11H2,1-3H3;2-12H2;2-3,6,9,14,16H,4-5,7H2,1H3,(H,13,15);2*1H3,(H,6,7);1H/q+1;;+1;;;;;. The van der Waals surface area contributed by atoms with Crippen molar-refractivity contribution in [3.63, 3.8) is 0 Å². The number of aromatic nitrogens is 2. The molecule has 4 saturated heterocycles. The fourth-order valence-corrected chi connectivity index (χ4v) is 19.1. The summed E-state index contributed by atoms with van der Waals surface area (Å²) >= 11 is 4.12. The average molecular weight is 1800 g/mol. The number of benzene rings is 3. The number of unbranched alkanes of at least 4 members (excludes halogenated alkanes) is 3. The quantitative estimate of drug-likeness (QED) is 0.00191. The second kappa shape index (κ2) is 56.3. The fourth-order valence-electron chi connectivity index (χ4n) is 11.4. The Balaban J connectivity index is 0.000000480. The van der Waals surface area contributed by atoms with Gasteiger partial charge in [0.2, 0.25) is 24.3 Å². The summed E-state index contributed by atoms with van der Waals surface area (Å²) in [6, 6.07) is 15.9. The highest BCUT2D eigenvalue weighted by atomic mass is 35.5. The van der Waals surface area contributed by atoms with Crippen molar-refractivity contribution in [2.24, 2.45) is 5.73 Å². The molecule has 30 nitrogen and oxygen atoms in total. The average Bonchev–Trinajstić information content (AvgIpc) is 1.78. The van der Waals surface area contributed by atoms with Crippen LogP contribution in [0.3, 0.4) is 0 Å². The summed E-state index contributed by atoms with van der Waals surface area (Å²) in [5.41, 5.74) is 9.71. The first-order chi connectivity index (χ1) is 54.7. The smallest absolute Gasteiger partial charge is 0.374 e. The molecule has 41 heteroatoms. The third kappa shape index (κ3) is 44.7. The van der Waals surface area contributed by atoms with Crippen LogP contribution in [-0.2, 0) is 52.9 Å². The van der Waals surface area contributed by atoms with E-state index in [4.69, 9.17) is 41.8 Å². The number of anilines is 1. The van der Waals surface area contributed by atoms with E-state index in [1.807, 2.05) is 55.3 Å². The number of aromatic hydroxyl groups is 1. The molecule has 5 aliphatic heterocycles. The number of thiol groups is 1. The Hall–Kier alpha value is -6.33. The number of para-hydroxylation sites is 3. The third-order valence-electron chi connectivity index (χ3n) is 18.0. The van der Waals surface area contributed by atoms with Crippen molar-refractivity contribution >= 4 is 147 Å². The topological polar surface area (TPSA) is 443 Å². The minimum absolute atomic E-state index is 0. The zero-order chi connectivity index (χ0) is 86.6. The predicted octanol–water partition coefficient (Wildman–Crippen LogP) is 9.31. The second-order valence-corrected chi connectivity index (χ2v) is 37.4. The number of aromatic amines is 1. The minimum atomic E-state index is -3.58. The van der Waals surface area contributed by atoms with Crippen LogP contribution in [0.4, 0.5) is 23.2 Å². The molecule has 0 aliphatic carbocycles. The largest absolute Gasteiger partial charge is 0.508 e. The predicted molar refractivity (Wildman–Crippen MR) is 455 cm³/mol. The number of aliphatic hydroxyl groups excluding tert-OH is 3. The number of aliphatic hydroxyl groups is 3. The van der Waals surface area contributed by atoms with Gasteiger partial charge in [-0.15, -0.1) is 12.4 Å². The van der Waals surface area contributed by atoms with E-state index in [1.165, 1.54) is 50.5 Å². The molecule has 3 aromatic carbocycles. The van der Waals surface area contributed by atoms with E-state index in [0.717, 1.165) is 103 Å². The number of nitrogens with two attached hydrogens (primary N) is 1. The van der Waals surface area contributed by atoms with E-state index >= 15 is 0 Å². The molecule has 0 radical (unpaired) electrons. The molecule has 9 unspecified atom stereocenters. The number of nitrogens with zero attached hydrogens (tertiary/aromatic N) is 4. The number of phenolic OH excluding ortho intramolecular Hbond substituents is 1.